The van der Waals surface area contributed by atoms with E-state index in [1.54, 1.807) is 0 Å². The summed E-state index contributed by atoms with van der Waals surface area (Å²) in [6.45, 7) is 0.553. The van der Waals surface area contributed by atoms with Crippen molar-refractivity contribution in [3.8, 4) is 5.69 Å². The fourth-order valence-corrected chi connectivity index (χ4v) is 4.14. The van der Waals surface area contributed by atoms with Gasteiger partial charge in [0.1, 0.15) is 5.82 Å². The van der Waals surface area contributed by atoms with E-state index in [1.807, 2.05) is 39.9 Å². The van der Waals surface area contributed by atoms with Gasteiger partial charge >= 0.3 is 0 Å². The van der Waals surface area contributed by atoms with Crippen molar-refractivity contribution in [2.45, 2.75) is 44.6 Å². The first-order chi connectivity index (χ1) is 12.7. The van der Waals surface area contributed by atoms with E-state index in [4.69, 9.17) is 5.10 Å². The second kappa shape index (κ2) is 5.97. The quantitative estimate of drug-likeness (QED) is 0.920. The summed E-state index contributed by atoms with van der Waals surface area (Å²) in [5.74, 6) is 0.577. The number of benzene rings is 1. The molecule has 134 valence electrons. The highest BCUT2D eigenvalue weighted by Gasteiger charge is 2.42. The Hall–Kier alpha value is -2.63. The zero-order valence-corrected chi connectivity index (χ0v) is 14.6. The van der Waals surface area contributed by atoms with Crippen LogP contribution in [0.15, 0.2) is 30.3 Å². The SMILES string of the molecule is O=C(Nc1c2c(nn1-c1ccccc1)CCC2)C1CC(=O)N(C2CC2)C1. The maximum atomic E-state index is 12.9. The topological polar surface area (TPSA) is 67.2 Å². The number of aryl methyl sites for hydroxylation is 1. The Balaban J connectivity index is 1.41. The average Bonchev–Trinajstić information content (AvgIpc) is 3.10. The highest BCUT2D eigenvalue weighted by molar-refractivity contribution is 5.97. The monoisotopic (exact) mass is 350 g/mol. The number of hydrogen-bond donors (Lipinski definition) is 1. The number of aromatic nitrogens is 2. The lowest BCUT2D eigenvalue weighted by molar-refractivity contribution is -0.128. The average molecular weight is 350 g/mol. The second-order valence-electron chi connectivity index (χ2n) is 7.54. The lowest BCUT2D eigenvalue weighted by atomic mass is 10.1. The summed E-state index contributed by atoms with van der Waals surface area (Å²) in [6, 6.07) is 10.3. The van der Waals surface area contributed by atoms with Crippen LogP contribution >= 0.6 is 0 Å². The number of fused-ring (bicyclic) bond motifs is 1. The molecule has 2 amide bonds. The number of rotatable bonds is 4. The standard InChI is InChI=1S/C20H22N4O2/c25-18-11-13(12-23(18)14-9-10-14)20(26)21-19-16-7-4-8-17(16)22-24(19)15-5-2-1-3-6-15/h1-3,5-6,13-14H,4,7-12H2,(H,21,26). The van der Waals surface area contributed by atoms with Gasteiger partial charge in [-0.15, -0.1) is 0 Å². The van der Waals surface area contributed by atoms with Crippen molar-refractivity contribution in [1.82, 2.24) is 14.7 Å². The van der Waals surface area contributed by atoms with Crippen molar-refractivity contribution in [3.63, 3.8) is 0 Å². The third-order valence-corrected chi connectivity index (χ3v) is 5.67. The van der Waals surface area contributed by atoms with Gasteiger partial charge in [0, 0.05) is 24.6 Å². The molecule has 6 heteroatoms. The summed E-state index contributed by atoms with van der Waals surface area (Å²) >= 11 is 0. The maximum Gasteiger partial charge on any atom is 0.230 e. The van der Waals surface area contributed by atoms with E-state index in [1.165, 1.54) is 0 Å². The lowest BCUT2D eigenvalue weighted by Crippen LogP contribution is -2.30. The summed E-state index contributed by atoms with van der Waals surface area (Å²) in [5.41, 5.74) is 3.16. The van der Waals surface area contributed by atoms with Gasteiger partial charge in [0.05, 0.1) is 17.3 Å². The smallest absolute Gasteiger partial charge is 0.230 e. The highest BCUT2D eigenvalue weighted by Crippen LogP contribution is 2.34. The van der Waals surface area contributed by atoms with Crippen LogP contribution in [0.2, 0.25) is 0 Å². The fourth-order valence-electron chi connectivity index (χ4n) is 4.14. The van der Waals surface area contributed by atoms with Crippen LogP contribution in [-0.2, 0) is 22.4 Å². The highest BCUT2D eigenvalue weighted by atomic mass is 16.2. The zero-order chi connectivity index (χ0) is 17.7. The van der Waals surface area contributed by atoms with E-state index in [0.717, 1.165) is 54.9 Å². The third kappa shape index (κ3) is 2.60. The number of nitrogens with zero attached hydrogens (tertiary/aromatic N) is 3. The summed E-state index contributed by atoms with van der Waals surface area (Å²) in [7, 11) is 0. The van der Waals surface area contributed by atoms with Crippen molar-refractivity contribution in [2.24, 2.45) is 5.92 Å². The molecule has 5 rings (SSSR count). The maximum absolute atomic E-state index is 12.9. The van der Waals surface area contributed by atoms with E-state index < -0.39 is 0 Å². The van der Waals surface area contributed by atoms with Gasteiger partial charge in [0.2, 0.25) is 11.8 Å². The second-order valence-corrected chi connectivity index (χ2v) is 7.54. The minimum Gasteiger partial charge on any atom is -0.339 e. The zero-order valence-electron chi connectivity index (χ0n) is 14.6. The third-order valence-electron chi connectivity index (χ3n) is 5.67. The van der Waals surface area contributed by atoms with Gasteiger partial charge in [-0.3, -0.25) is 9.59 Å². The van der Waals surface area contributed by atoms with Gasteiger partial charge in [-0.2, -0.15) is 5.10 Å². The Morgan fingerprint density at radius 1 is 1.15 bits per heavy atom. The number of anilines is 1. The molecule has 1 unspecified atom stereocenters. The molecule has 0 spiro atoms. The lowest BCUT2D eigenvalue weighted by Gasteiger charge is -2.16. The van der Waals surface area contributed by atoms with Gasteiger partial charge < -0.3 is 10.2 Å². The van der Waals surface area contributed by atoms with Gasteiger partial charge in [-0.05, 0) is 44.2 Å². The fraction of sp³-hybridized carbons (Fsp3) is 0.450. The molecule has 2 aliphatic carbocycles. The van der Waals surface area contributed by atoms with Crippen molar-refractivity contribution in [2.75, 3.05) is 11.9 Å². The van der Waals surface area contributed by atoms with Crippen molar-refractivity contribution < 1.29 is 9.59 Å². The van der Waals surface area contributed by atoms with Crippen LogP contribution < -0.4 is 5.32 Å². The summed E-state index contributed by atoms with van der Waals surface area (Å²) in [6.07, 6.45) is 5.45. The number of para-hydroxylation sites is 1. The van der Waals surface area contributed by atoms with E-state index in [2.05, 4.69) is 5.32 Å². The molecule has 2 aromatic rings. The number of carbonyl (C=O) groups excluding carboxylic acids is 2. The summed E-state index contributed by atoms with van der Waals surface area (Å²) < 4.78 is 1.84. The van der Waals surface area contributed by atoms with Gasteiger partial charge in [0.25, 0.3) is 0 Å². The number of carbonyl (C=O) groups is 2. The van der Waals surface area contributed by atoms with E-state index in [-0.39, 0.29) is 17.7 Å². The summed E-state index contributed by atoms with van der Waals surface area (Å²) in [5, 5.41) is 7.85. The minimum atomic E-state index is -0.265. The molecule has 2 fully saturated rings. The van der Waals surface area contributed by atoms with Crippen LogP contribution in [0.25, 0.3) is 5.69 Å². The van der Waals surface area contributed by atoms with Gasteiger partial charge in [0.15, 0.2) is 0 Å². The van der Waals surface area contributed by atoms with E-state index in [0.29, 0.717) is 19.0 Å². The molecular weight excluding hydrogens is 328 g/mol. The van der Waals surface area contributed by atoms with Crippen LogP contribution in [0.5, 0.6) is 0 Å². The molecule has 1 atom stereocenters. The first-order valence-electron chi connectivity index (χ1n) is 9.47. The molecule has 1 aliphatic heterocycles. The van der Waals surface area contributed by atoms with Crippen molar-refractivity contribution in [3.05, 3.63) is 41.6 Å². The van der Waals surface area contributed by atoms with Crippen LogP contribution in [-0.4, -0.2) is 39.1 Å². The van der Waals surface area contributed by atoms with Crippen molar-refractivity contribution >= 4 is 17.6 Å². The molecule has 1 saturated carbocycles. The van der Waals surface area contributed by atoms with Crippen LogP contribution in [0, 0.1) is 5.92 Å². The Kier molecular flexibility index (Phi) is 3.58. The molecule has 6 nitrogen and oxygen atoms in total. The van der Waals surface area contributed by atoms with Crippen LogP contribution in [0.1, 0.15) is 36.9 Å². The molecule has 1 aromatic heterocycles. The number of nitrogens with one attached hydrogen (secondary N) is 1. The largest absolute Gasteiger partial charge is 0.339 e. The first kappa shape index (κ1) is 15.6. The molecule has 0 bridgehead atoms. The van der Waals surface area contributed by atoms with Crippen molar-refractivity contribution in [1.29, 1.82) is 0 Å². The molecule has 3 aliphatic rings. The first-order valence-corrected chi connectivity index (χ1v) is 9.47. The number of hydrogen-bond acceptors (Lipinski definition) is 3. The minimum absolute atomic E-state index is 0.0618. The van der Waals surface area contributed by atoms with E-state index >= 15 is 0 Å². The van der Waals surface area contributed by atoms with Crippen LogP contribution in [0.3, 0.4) is 0 Å². The molecule has 1 N–H and O–H groups in total. The number of amides is 2. The Bertz CT molecular complexity index is 869. The molecule has 1 saturated heterocycles. The predicted molar refractivity (Wildman–Crippen MR) is 97.1 cm³/mol. The Morgan fingerprint density at radius 2 is 1.96 bits per heavy atom. The molecule has 26 heavy (non-hydrogen) atoms. The molecule has 2 heterocycles. The van der Waals surface area contributed by atoms with Gasteiger partial charge in [-0.1, -0.05) is 18.2 Å². The van der Waals surface area contributed by atoms with E-state index in [9.17, 15) is 9.59 Å². The number of likely N-dealkylation sites (tertiary alicyclic amines) is 1. The van der Waals surface area contributed by atoms with Crippen LogP contribution in [0.4, 0.5) is 5.82 Å². The molecule has 0 radical (unpaired) electrons. The Labute approximate surface area is 152 Å². The van der Waals surface area contributed by atoms with Gasteiger partial charge in [-0.25, -0.2) is 4.68 Å². The normalized spacial score (nSPS) is 21.9. The predicted octanol–water partition coefficient (Wildman–Crippen LogP) is 2.31. The Morgan fingerprint density at radius 3 is 2.73 bits per heavy atom. The molecular formula is C20H22N4O2. The summed E-state index contributed by atoms with van der Waals surface area (Å²) in [4.78, 5) is 27.0. The molecule has 1 aromatic carbocycles.